The predicted octanol–water partition coefficient (Wildman–Crippen LogP) is 4.32. The number of rotatable bonds is 3. The number of thiophene rings is 1. The van der Waals surface area contributed by atoms with Crippen molar-refractivity contribution in [2.75, 3.05) is 30.0 Å². The summed E-state index contributed by atoms with van der Waals surface area (Å²) in [5, 5.41) is 3.85. The van der Waals surface area contributed by atoms with E-state index in [0.29, 0.717) is 16.5 Å². The number of amides is 1. The molecule has 3 aromatic rings. The van der Waals surface area contributed by atoms with Gasteiger partial charge in [0, 0.05) is 36.6 Å². The minimum atomic E-state index is -0.181. The van der Waals surface area contributed by atoms with Crippen molar-refractivity contribution in [3.8, 4) is 0 Å². The maximum atomic E-state index is 12.8. The van der Waals surface area contributed by atoms with Gasteiger partial charge in [-0.3, -0.25) is 4.79 Å². The molecule has 0 spiro atoms. The van der Waals surface area contributed by atoms with Gasteiger partial charge in [-0.2, -0.15) is 0 Å². The maximum absolute atomic E-state index is 12.8. The molecule has 1 atom stereocenters. The zero-order chi connectivity index (χ0) is 19.1. The molecule has 0 saturated heterocycles. The number of aryl methyl sites for hydroxylation is 1. The summed E-state index contributed by atoms with van der Waals surface area (Å²) >= 11 is 1.38. The molecule has 3 N–H and O–H groups in total. The second-order valence-corrected chi connectivity index (χ2v) is 8.53. The van der Waals surface area contributed by atoms with Crippen LogP contribution in [0.1, 0.15) is 34.3 Å². The number of aromatic nitrogens is 1. The number of anilines is 3. The average Bonchev–Trinajstić information content (AvgIpc) is 2.96. The molecule has 1 aliphatic carbocycles. The fourth-order valence-corrected chi connectivity index (χ4v) is 4.56. The summed E-state index contributed by atoms with van der Waals surface area (Å²) in [6.45, 7) is 2.27. The van der Waals surface area contributed by atoms with E-state index < -0.39 is 0 Å². The van der Waals surface area contributed by atoms with E-state index in [0.717, 1.165) is 40.1 Å². The molecule has 0 saturated carbocycles. The van der Waals surface area contributed by atoms with Crippen molar-refractivity contribution in [1.29, 1.82) is 0 Å². The zero-order valence-corrected chi connectivity index (χ0v) is 16.7. The molecule has 1 amide bonds. The van der Waals surface area contributed by atoms with Gasteiger partial charge in [0.05, 0.1) is 5.69 Å². The molecule has 1 aliphatic rings. The van der Waals surface area contributed by atoms with E-state index >= 15 is 0 Å². The van der Waals surface area contributed by atoms with Crippen LogP contribution in [0.2, 0.25) is 0 Å². The van der Waals surface area contributed by atoms with Crippen LogP contribution in [-0.2, 0) is 12.8 Å². The summed E-state index contributed by atoms with van der Waals surface area (Å²) in [6.07, 6.45) is 3.21. The van der Waals surface area contributed by atoms with Crippen molar-refractivity contribution in [2.45, 2.75) is 26.2 Å². The number of hydrogen-bond donors (Lipinski definition) is 2. The van der Waals surface area contributed by atoms with Crippen molar-refractivity contribution in [3.05, 3.63) is 46.5 Å². The number of nitrogens with one attached hydrogen (secondary N) is 1. The lowest BCUT2D eigenvalue weighted by Gasteiger charge is -2.20. The summed E-state index contributed by atoms with van der Waals surface area (Å²) in [5.74, 6) is 0.490. The first-order valence-corrected chi connectivity index (χ1v) is 10.0. The SMILES string of the molecule is C[C@@H]1CCc2nc3sc(C(=O)Nc4ccc(N(C)C)cc4)c(N)c3cc2C1. The molecule has 1 aromatic carbocycles. The highest BCUT2D eigenvalue weighted by Crippen LogP contribution is 2.36. The molecule has 0 aliphatic heterocycles. The van der Waals surface area contributed by atoms with Crippen LogP contribution in [0.4, 0.5) is 17.1 Å². The second-order valence-electron chi connectivity index (χ2n) is 7.54. The van der Waals surface area contributed by atoms with Crippen LogP contribution in [0.25, 0.3) is 10.2 Å². The Morgan fingerprint density at radius 2 is 2.04 bits per heavy atom. The fourth-order valence-electron chi connectivity index (χ4n) is 3.57. The highest BCUT2D eigenvalue weighted by molar-refractivity contribution is 7.21. The van der Waals surface area contributed by atoms with Crippen molar-refractivity contribution < 1.29 is 4.79 Å². The first-order valence-electron chi connectivity index (χ1n) is 9.22. The van der Waals surface area contributed by atoms with Crippen LogP contribution >= 0.6 is 11.3 Å². The number of nitrogens with zero attached hydrogens (tertiary/aromatic N) is 2. The first-order chi connectivity index (χ1) is 12.9. The molecule has 6 heteroatoms. The van der Waals surface area contributed by atoms with Gasteiger partial charge < -0.3 is 16.0 Å². The first kappa shape index (κ1) is 17.8. The van der Waals surface area contributed by atoms with E-state index in [1.807, 2.05) is 43.3 Å². The highest BCUT2D eigenvalue weighted by Gasteiger charge is 2.22. The van der Waals surface area contributed by atoms with Gasteiger partial charge in [-0.05, 0) is 61.1 Å². The van der Waals surface area contributed by atoms with E-state index in [2.05, 4.69) is 18.3 Å². The lowest BCUT2D eigenvalue weighted by Crippen LogP contribution is -2.13. The maximum Gasteiger partial charge on any atom is 0.267 e. The molecule has 5 nitrogen and oxygen atoms in total. The van der Waals surface area contributed by atoms with Crippen molar-refractivity contribution in [3.63, 3.8) is 0 Å². The number of fused-ring (bicyclic) bond motifs is 2. The van der Waals surface area contributed by atoms with Crippen molar-refractivity contribution >= 4 is 44.5 Å². The summed E-state index contributed by atoms with van der Waals surface area (Å²) in [5.41, 5.74) is 11.1. The molecular formula is C21H24N4OS. The Morgan fingerprint density at radius 1 is 1.30 bits per heavy atom. The second kappa shape index (κ2) is 6.85. The molecule has 0 radical (unpaired) electrons. The molecule has 0 bridgehead atoms. The molecule has 0 fully saturated rings. The van der Waals surface area contributed by atoms with Crippen LogP contribution in [0.5, 0.6) is 0 Å². The third-order valence-electron chi connectivity index (χ3n) is 5.18. The Hall–Kier alpha value is -2.60. The number of hydrogen-bond acceptors (Lipinski definition) is 5. The van der Waals surface area contributed by atoms with Gasteiger partial charge >= 0.3 is 0 Å². The summed E-state index contributed by atoms with van der Waals surface area (Å²) in [7, 11) is 3.97. The fraction of sp³-hybridized carbons (Fsp3) is 0.333. The van der Waals surface area contributed by atoms with Gasteiger partial charge in [0.1, 0.15) is 9.71 Å². The van der Waals surface area contributed by atoms with Gasteiger partial charge in [0.15, 0.2) is 0 Å². The highest BCUT2D eigenvalue weighted by atomic mass is 32.1. The van der Waals surface area contributed by atoms with E-state index in [-0.39, 0.29) is 5.91 Å². The van der Waals surface area contributed by atoms with Crippen LogP contribution < -0.4 is 16.0 Å². The van der Waals surface area contributed by atoms with E-state index in [9.17, 15) is 4.79 Å². The summed E-state index contributed by atoms with van der Waals surface area (Å²) in [4.78, 5) is 21.0. The van der Waals surface area contributed by atoms with Gasteiger partial charge in [-0.15, -0.1) is 11.3 Å². The smallest absolute Gasteiger partial charge is 0.267 e. The topological polar surface area (TPSA) is 71.2 Å². The average molecular weight is 381 g/mol. The van der Waals surface area contributed by atoms with Gasteiger partial charge in [0.25, 0.3) is 5.91 Å². The number of benzene rings is 1. The monoisotopic (exact) mass is 380 g/mol. The Balaban J connectivity index is 1.63. The number of nitrogens with two attached hydrogens (primary N) is 1. The number of nitrogen functional groups attached to an aromatic ring is 1. The Labute approximate surface area is 163 Å². The Bertz CT molecular complexity index is 1010. The summed E-state index contributed by atoms with van der Waals surface area (Å²) in [6, 6.07) is 9.88. The molecule has 0 unspecified atom stereocenters. The molecule has 2 heterocycles. The molecule has 140 valence electrons. The Morgan fingerprint density at radius 3 is 2.74 bits per heavy atom. The lowest BCUT2D eigenvalue weighted by molar-refractivity contribution is 0.103. The normalized spacial score (nSPS) is 16.2. The van der Waals surface area contributed by atoms with Crippen LogP contribution in [-0.4, -0.2) is 25.0 Å². The summed E-state index contributed by atoms with van der Waals surface area (Å²) < 4.78 is 0. The number of carbonyl (C=O) groups excluding carboxylic acids is 1. The standard InChI is InChI=1S/C21H24N4OS/c1-12-4-9-17-13(10-12)11-16-18(22)19(27-21(16)24-17)20(26)23-14-5-7-15(8-6-14)25(2)3/h5-8,11-12H,4,9-10,22H2,1-3H3,(H,23,26)/t12-/m1/s1. The van der Waals surface area contributed by atoms with Crippen molar-refractivity contribution in [1.82, 2.24) is 4.98 Å². The minimum absolute atomic E-state index is 0.181. The molecule has 2 aromatic heterocycles. The number of pyridine rings is 1. The van der Waals surface area contributed by atoms with E-state index in [1.165, 1.54) is 23.3 Å². The molecular weight excluding hydrogens is 356 g/mol. The molecule has 4 rings (SSSR count). The third kappa shape index (κ3) is 3.37. The number of carbonyl (C=O) groups is 1. The van der Waals surface area contributed by atoms with E-state index in [4.69, 9.17) is 10.7 Å². The van der Waals surface area contributed by atoms with Gasteiger partial charge in [0.2, 0.25) is 0 Å². The van der Waals surface area contributed by atoms with Crippen LogP contribution in [0.3, 0.4) is 0 Å². The zero-order valence-electron chi connectivity index (χ0n) is 15.9. The Kier molecular flexibility index (Phi) is 4.52. The largest absolute Gasteiger partial charge is 0.397 e. The lowest BCUT2D eigenvalue weighted by atomic mass is 9.87. The third-order valence-corrected chi connectivity index (χ3v) is 6.29. The minimum Gasteiger partial charge on any atom is -0.397 e. The van der Waals surface area contributed by atoms with Gasteiger partial charge in [-0.25, -0.2) is 4.98 Å². The predicted molar refractivity (Wildman–Crippen MR) is 114 cm³/mol. The van der Waals surface area contributed by atoms with Crippen LogP contribution in [0, 0.1) is 5.92 Å². The van der Waals surface area contributed by atoms with Crippen LogP contribution in [0.15, 0.2) is 30.3 Å². The van der Waals surface area contributed by atoms with Crippen molar-refractivity contribution in [2.24, 2.45) is 5.92 Å². The van der Waals surface area contributed by atoms with Gasteiger partial charge in [-0.1, -0.05) is 6.92 Å². The molecule has 27 heavy (non-hydrogen) atoms. The van der Waals surface area contributed by atoms with E-state index in [1.54, 1.807) is 0 Å². The quantitative estimate of drug-likeness (QED) is 0.710.